The lowest BCUT2D eigenvalue weighted by Crippen LogP contribution is -2.47. The summed E-state index contributed by atoms with van der Waals surface area (Å²) >= 11 is 0. The molecule has 1 aromatic rings. The number of hydrogen-bond acceptors (Lipinski definition) is 3. The van der Waals surface area contributed by atoms with Crippen molar-refractivity contribution in [3.8, 4) is 5.75 Å². The van der Waals surface area contributed by atoms with E-state index >= 15 is 0 Å². The van der Waals surface area contributed by atoms with Crippen LogP contribution in [0.4, 0.5) is 0 Å². The highest BCUT2D eigenvalue weighted by atomic mass is 16.5. The van der Waals surface area contributed by atoms with Crippen LogP contribution in [0.3, 0.4) is 0 Å². The van der Waals surface area contributed by atoms with Crippen molar-refractivity contribution in [3.05, 3.63) is 29.3 Å². The van der Waals surface area contributed by atoms with Crippen LogP contribution >= 0.6 is 0 Å². The predicted octanol–water partition coefficient (Wildman–Crippen LogP) is 3.41. The zero-order chi connectivity index (χ0) is 14.0. The van der Waals surface area contributed by atoms with E-state index in [2.05, 4.69) is 32.0 Å². The molecule has 0 aromatic heterocycles. The third-order valence-electron chi connectivity index (χ3n) is 4.49. The van der Waals surface area contributed by atoms with Gasteiger partial charge in [-0.3, -0.25) is 0 Å². The maximum atomic E-state index is 6.27. The third-order valence-corrected chi connectivity index (χ3v) is 4.49. The summed E-state index contributed by atoms with van der Waals surface area (Å²) in [5.74, 6) is 1.03. The molecule has 3 rings (SSSR count). The minimum Gasteiger partial charge on any atom is -0.490 e. The number of aryl methyl sites for hydroxylation is 2. The average molecular weight is 276 g/mol. The van der Waals surface area contributed by atoms with Gasteiger partial charge in [0, 0.05) is 26.1 Å². The summed E-state index contributed by atoms with van der Waals surface area (Å²) in [6.07, 6.45) is 4.24. The van der Waals surface area contributed by atoms with E-state index in [1.165, 1.54) is 11.1 Å². The Bertz CT molecular complexity index is 458. The molecule has 1 atom stereocenters. The van der Waals surface area contributed by atoms with E-state index in [1.54, 1.807) is 0 Å². The molecule has 0 saturated carbocycles. The maximum absolute atomic E-state index is 6.27. The van der Waals surface area contributed by atoms with Gasteiger partial charge >= 0.3 is 0 Å². The van der Waals surface area contributed by atoms with Crippen molar-refractivity contribution in [1.29, 1.82) is 0 Å². The Hall–Kier alpha value is -1.06. The molecule has 2 fully saturated rings. The Labute approximate surface area is 121 Å². The molecular weight excluding hydrogens is 252 g/mol. The van der Waals surface area contributed by atoms with E-state index in [1.807, 2.05) is 0 Å². The molecule has 1 unspecified atom stereocenters. The van der Waals surface area contributed by atoms with E-state index in [0.29, 0.717) is 0 Å². The van der Waals surface area contributed by atoms with Crippen LogP contribution in [-0.4, -0.2) is 31.5 Å². The van der Waals surface area contributed by atoms with Crippen LogP contribution in [0.15, 0.2) is 18.2 Å². The van der Waals surface area contributed by atoms with Gasteiger partial charge in [0.05, 0.1) is 12.2 Å². The van der Waals surface area contributed by atoms with Crippen molar-refractivity contribution in [3.63, 3.8) is 0 Å². The topological polar surface area (TPSA) is 27.7 Å². The van der Waals surface area contributed by atoms with Crippen molar-refractivity contribution in [2.24, 2.45) is 0 Å². The summed E-state index contributed by atoms with van der Waals surface area (Å²) in [5, 5.41) is 0. The fourth-order valence-corrected chi connectivity index (χ4v) is 3.19. The van der Waals surface area contributed by atoms with E-state index in [9.17, 15) is 0 Å². The largest absolute Gasteiger partial charge is 0.490 e. The van der Waals surface area contributed by atoms with Crippen molar-refractivity contribution in [2.75, 3.05) is 19.8 Å². The lowest BCUT2D eigenvalue weighted by Gasteiger charge is -2.43. The van der Waals surface area contributed by atoms with E-state index in [4.69, 9.17) is 14.2 Å². The second-order valence-corrected chi connectivity index (χ2v) is 6.15. The molecule has 20 heavy (non-hydrogen) atoms. The Morgan fingerprint density at radius 3 is 2.75 bits per heavy atom. The summed E-state index contributed by atoms with van der Waals surface area (Å²) in [6.45, 7) is 6.65. The number of rotatable bonds is 2. The van der Waals surface area contributed by atoms with Gasteiger partial charge in [-0.05, 0) is 43.9 Å². The Morgan fingerprint density at radius 1 is 1.15 bits per heavy atom. The van der Waals surface area contributed by atoms with Crippen molar-refractivity contribution in [1.82, 2.24) is 0 Å². The zero-order valence-corrected chi connectivity index (χ0v) is 12.5. The summed E-state index contributed by atoms with van der Waals surface area (Å²) in [5.41, 5.74) is 2.46. The molecule has 0 amide bonds. The summed E-state index contributed by atoms with van der Waals surface area (Å²) in [6, 6.07) is 6.40. The van der Waals surface area contributed by atoms with Crippen LogP contribution < -0.4 is 4.74 Å². The molecule has 1 aromatic carbocycles. The minimum absolute atomic E-state index is 0.00109. The first-order valence-corrected chi connectivity index (χ1v) is 7.63. The Kier molecular flexibility index (Phi) is 3.99. The molecule has 0 bridgehead atoms. The summed E-state index contributed by atoms with van der Waals surface area (Å²) in [7, 11) is 0. The number of benzene rings is 1. The van der Waals surface area contributed by atoms with Gasteiger partial charge in [0.1, 0.15) is 11.9 Å². The lowest BCUT2D eigenvalue weighted by molar-refractivity contribution is -0.155. The molecule has 2 aliphatic rings. The van der Waals surface area contributed by atoms with Gasteiger partial charge in [-0.1, -0.05) is 12.1 Å². The van der Waals surface area contributed by atoms with Gasteiger partial charge in [-0.25, -0.2) is 0 Å². The molecule has 3 nitrogen and oxygen atoms in total. The molecule has 3 heteroatoms. The van der Waals surface area contributed by atoms with Crippen molar-refractivity contribution < 1.29 is 14.2 Å². The second-order valence-electron chi connectivity index (χ2n) is 6.15. The fourth-order valence-electron chi connectivity index (χ4n) is 3.19. The third kappa shape index (κ3) is 2.99. The summed E-state index contributed by atoms with van der Waals surface area (Å²) < 4.78 is 17.8. The molecule has 2 heterocycles. The van der Waals surface area contributed by atoms with Crippen LogP contribution in [0.25, 0.3) is 0 Å². The standard InChI is InChI=1S/C17H24O3/c1-13-3-4-14(2)16(11-13)20-15-5-8-19-17(12-15)6-9-18-10-7-17/h3-4,11,15H,5-10,12H2,1-2H3. The van der Waals surface area contributed by atoms with Crippen LogP contribution in [0.5, 0.6) is 5.75 Å². The van der Waals surface area contributed by atoms with Gasteiger partial charge in [-0.2, -0.15) is 0 Å². The van der Waals surface area contributed by atoms with Gasteiger partial charge in [0.2, 0.25) is 0 Å². The van der Waals surface area contributed by atoms with Gasteiger partial charge in [0.25, 0.3) is 0 Å². The van der Waals surface area contributed by atoms with Gasteiger partial charge in [0.15, 0.2) is 0 Å². The van der Waals surface area contributed by atoms with Crippen molar-refractivity contribution >= 4 is 0 Å². The molecule has 0 N–H and O–H groups in total. The van der Waals surface area contributed by atoms with Crippen LogP contribution in [0.1, 0.15) is 36.8 Å². The zero-order valence-electron chi connectivity index (χ0n) is 12.5. The SMILES string of the molecule is Cc1ccc(C)c(OC2CCOC3(CCOCC3)C2)c1. The highest BCUT2D eigenvalue weighted by Crippen LogP contribution is 2.36. The second kappa shape index (κ2) is 5.74. The first kappa shape index (κ1) is 13.9. The molecule has 2 aliphatic heterocycles. The molecule has 1 spiro atoms. The van der Waals surface area contributed by atoms with Crippen LogP contribution in [-0.2, 0) is 9.47 Å². The van der Waals surface area contributed by atoms with E-state index < -0.39 is 0 Å². The van der Waals surface area contributed by atoms with Gasteiger partial charge in [-0.15, -0.1) is 0 Å². The average Bonchev–Trinajstić information content (AvgIpc) is 2.44. The normalized spacial score (nSPS) is 25.6. The van der Waals surface area contributed by atoms with Crippen LogP contribution in [0.2, 0.25) is 0 Å². The lowest BCUT2D eigenvalue weighted by atomic mass is 9.85. The predicted molar refractivity (Wildman–Crippen MR) is 78.3 cm³/mol. The molecular formula is C17H24O3. The first-order chi connectivity index (χ1) is 9.67. The molecule has 2 saturated heterocycles. The van der Waals surface area contributed by atoms with E-state index in [0.717, 1.165) is 51.3 Å². The molecule has 110 valence electrons. The number of hydrogen-bond donors (Lipinski definition) is 0. The molecule has 0 aliphatic carbocycles. The fraction of sp³-hybridized carbons (Fsp3) is 0.647. The highest BCUT2D eigenvalue weighted by molar-refractivity contribution is 5.36. The van der Waals surface area contributed by atoms with Gasteiger partial charge < -0.3 is 14.2 Å². The van der Waals surface area contributed by atoms with Crippen LogP contribution in [0, 0.1) is 13.8 Å². The van der Waals surface area contributed by atoms with E-state index in [-0.39, 0.29) is 11.7 Å². The quantitative estimate of drug-likeness (QED) is 0.828. The Balaban J connectivity index is 1.69. The Morgan fingerprint density at radius 2 is 1.95 bits per heavy atom. The maximum Gasteiger partial charge on any atom is 0.122 e. The van der Waals surface area contributed by atoms with Crippen molar-refractivity contribution in [2.45, 2.75) is 51.2 Å². The minimum atomic E-state index is -0.00109. The highest BCUT2D eigenvalue weighted by Gasteiger charge is 2.39. The first-order valence-electron chi connectivity index (χ1n) is 7.63. The summed E-state index contributed by atoms with van der Waals surface area (Å²) in [4.78, 5) is 0. The molecule has 0 radical (unpaired) electrons. The smallest absolute Gasteiger partial charge is 0.122 e. The monoisotopic (exact) mass is 276 g/mol. The number of ether oxygens (including phenoxy) is 3.